The Morgan fingerprint density at radius 2 is 1.78 bits per heavy atom. The van der Waals surface area contributed by atoms with E-state index in [-0.39, 0.29) is 0 Å². The molecular formula is C13H15N3OS. The Morgan fingerprint density at radius 1 is 1.11 bits per heavy atom. The van der Waals surface area contributed by atoms with E-state index in [1.165, 1.54) is 0 Å². The standard InChI is InChI=1S/C13H15N3OS/c1-17-12-4-2-10(3-5-12)11-8-15-13(16-9-11)14-6-7-18/h2-5,8-9,18H,6-7H2,1H3,(H,14,15,16). The Bertz CT molecular complexity index is 485. The lowest BCUT2D eigenvalue weighted by Gasteiger charge is -2.05. The van der Waals surface area contributed by atoms with E-state index in [0.717, 1.165) is 29.2 Å². The van der Waals surface area contributed by atoms with E-state index in [0.29, 0.717) is 5.95 Å². The molecule has 0 fully saturated rings. The molecule has 94 valence electrons. The number of anilines is 1. The topological polar surface area (TPSA) is 47.0 Å². The first-order valence-corrected chi connectivity index (χ1v) is 6.28. The molecule has 0 aliphatic rings. The SMILES string of the molecule is COc1ccc(-c2cnc(NCCS)nc2)cc1. The van der Waals surface area contributed by atoms with Crippen molar-refractivity contribution in [1.82, 2.24) is 9.97 Å². The van der Waals surface area contributed by atoms with Crippen molar-refractivity contribution in [2.75, 3.05) is 24.7 Å². The van der Waals surface area contributed by atoms with E-state index in [2.05, 4.69) is 27.9 Å². The summed E-state index contributed by atoms with van der Waals surface area (Å²) < 4.78 is 5.12. The van der Waals surface area contributed by atoms with Gasteiger partial charge in [-0.1, -0.05) is 12.1 Å². The number of ether oxygens (including phenoxy) is 1. The molecule has 5 heteroatoms. The largest absolute Gasteiger partial charge is 0.497 e. The van der Waals surface area contributed by atoms with Gasteiger partial charge < -0.3 is 10.1 Å². The van der Waals surface area contributed by atoms with E-state index in [9.17, 15) is 0 Å². The van der Waals surface area contributed by atoms with Crippen LogP contribution in [-0.4, -0.2) is 29.4 Å². The van der Waals surface area contributed by atoms with Crippen LogP contribution in [0.5, 0.6) is 5.75 Å². The van der Waals surface area contributed by atoms with E-state index in [1.54, 1.807) is 19.5 Å². The molecule has 0 unspecified atom stereocenters. The summed E-state index contributed by atoms with van der Waals surface area (Å²) in [6.45, 7) is 0.755. The summed E-state index contributed by atoms with van der Waals surface area (Å²) in [4.78, 5) is 8.50. The van der Waals surface area contributed by atoms with Gasteiger partial charge >= 0.3 is 0 Å². The highest BCUT2D eigenvalue weighted by molar-refractivity contribution is 7.80. The normalized spacial score (nSPS) is 10.1. The Hall–Kier alpha value is -1.75. The van der Waals surface area contributed by atoms with E-state index < -0.39 is 0 Å². The summed E-state index contributed by atoms with van der Waals surface area (Å²) in [6.07, 6.45) is 3.60. The van der Waals surface area contributed by atoms with Crippen LogP contribution in [0.15, 0.2) is 36.7 Å². The van der Waals surface area contributed by atoms with Crippen molar-refractivity contribution < 1.29 is 4.74 Å². The van der Waals surface area contributed by atoms with Gasteiger partial charge in [-0.2, -0.15) is 12.6 Å². The van der Waals surface area contributed by atoms with Gasteiger partial charge in [-0.15, -0.1) is 0 Å². The van der Waals surface area contributed by atoms with Crippen molar-refractivity contribution in [1.29, 1.82) is 0 Å². The third-order valence-electron chi connectivity index (χ3n) is 2.47. The molecule has 2 rings (SSSR count). The summed E-state index contributed by atoms with van der Waals surface area (Å²) in [6, 6.07) is 7.81. The number of rotatable bonds is 5. The second kappa shape index (κ2) is 6.26. The van der Waals surface area contributed by atoms with Crippen molar-refractivity contribution in [3.63, 3.8) is 0 Å². The van der Waals surface area contributed by atoms with Crippen molar-refractivity contribution in [2.45, 2.75) is 0 Å². The summed E-state index contributed by atoms with van der Waals surface area (Å²) in [5.74, 6) is 2.22. The quantitative estimate of drug-likeness (QED) is 0.812. The first-order chi connectivity index (χ1) is 8.83. The van der Waals surface area contributed by atoms with Crippen LogP contribution in [0.25, 0.3) is 11.1 Å². The monoisotopic (exact) mass is 261 g/mol. The minimum absolute atomic E-state index is 0.626. The number of methoxy groups -OCH3 is 1. The molecule has 1 aromatic carbocycles. The summed E-state index contributed by atoms with van der Waals surface area (Å²) in [5.41, 5.74) is 2.05. The molecule has 1 N–H and O–H groups in total. The first kappa shape index (κ1) is 12.7. The van der Waals surface area contributed by atoms with Gasteiger partial charge in [0.05, 0.1) is 7.11 Å². The molecule has 1 heterocycles. The Morgan fingerprint density at radius 3 is 2.33 bits per heavy atom. The second-order valence-corrected chi connectivity index (χ2v) is 4.12. The van der Waals surface area contributed by atoms with Gasteiger partial charge in [0, 0.05) is 30.3 Å². The average molecular weight is 261 g/mol. The third kappa shape index (κ3) is 3.13. The molecule has 0 saturated carbocycles. The van der Waals surface area contributed by atoms with Gasteiger partial charge in [-0.3, -0.25) is 0 Å². The smallest absolute Gasteiger partial charge is 0.222 e. The summed E-state index contributed by atoms with van der Waals surface area (Å²) in [5, 5.41) is 3.07. The predicted octanol–water partition coefficient (Wildman–Crippen LogP) is 2.49. The van der Waals surface area contributed by atoms with Crippen LogP contribution in [0.3, 0.4) is 0 Å². The molecule has 2 aromatic rings. The van der Waals surface area contributed by atoms with Crippen LogP contribution in [0.4, 0.5) is 5.95 Å². The lowest BCUT2D eigenvalue weighted by Crippen LogP contribution is -2.05. The van der Waals surface area contributed by atoms with Crippen molar-refractivity contribution in [3.05, 3.63) is 36.7 Å². The van der Waals surface area contributed by atoms with Crippen LogP contribution in [-0.2, 0) is 0 Å². The zero-order chi connectivity index (χ0) is 12.8. The van der Waals surface area contributed by atoms with Gasteiger partial charge in [0.1, 0.15) is 5.75 Å². The van der Waals surface area contributed by atoms with Crippen LogP contribution in [0.1, 0.15) is 0 Å². The van der Waals surface area contributed by atoms with Crippen LogP contribution in [0, 0.1) is 0 Å². The number of nitrogens with zero attached hydrogens (tertiary/aromatic N) is 2. The molecule has 0 bridgehead atoms. The van der Waals surface area contributed by atoms with Gasteiger partial charge in [0.15, 0.2) is 0 Å². The number of nitrogens with one attached hydrogen (secondary N) is 1. The maximum atomic E-state index is 5.12. The highest BCUT2D eigenvalue weighted by Crippen LogP contribution is 2.21. The zero-order valence-electron chi connectivity index (χ0n) is 10.1. The molecule has 0 spiro atoms. The molecule has 4 nitrogen and oxygen atoms in total. The predicted molar refractivity (Wildman–Crippen MR) is 76.4 cm³/mol. The number of hydrogen-bond donors (Lipinski definition) is 2. The molecule has 0 atom stereocenters. The minimum atomic E-state index is 0.626. The molecule has 0 aliphatic carbocycles. The Balaban J connectivity index is 2.12. The molecule has 0 amide bonds. The molecule has 0 saturated heterocycles. The van der Waals surface area contributed by atoms with Gasteiger partial charge in [-0.05, 0) is 17.7 Å². The van der Waals surface area contributed by atoms with Crippen molar-refractivity contribution in [3.8, 4) is 16.9 Å². The van der Waals surface area contributed by atoms with Crippen LogP contribution < -0.4 is 10.1 Å². The number of aromatic nitrogens is 2. The van der Waals surface area contributed by atoms with E-state index >= 15 is 0 Å². The van der Waals surface area contributed by atoms with Gasteiger partial charge in [-0.25, -0.2) is 9.97 Å². The van der Waals surface area contributed by atoms with Crippen molar-refractivity contribution in [2.24, 2.45) is 0 Å². The summed E-state index contributed by atoms with van der Waals surface area (Å²) >= 11 is 4.12. The maximum Gasteiger partial charge on any atom is 0.222 e. The molecule has 0 radical (unpaired) electrons. The summed E-state index contributed by atoms with van der Waals surface area (Å²) in [7, 11) is 1.65. The number of hydrogen-bond acceptors (Lipinski definition) is 5. The highest BCUT2D eigenvalue weighted by Gasteiger charge is 2.00. The second-order valence-electron chi connectivity index (χ2n) is 3.67. The molecule has 1 aromatic heterocycles. The van der Waals surface area contributed by atoms with E-state index in [4.69, 9.17) is 4.74 Å². The van der Waals surface area contributed by atoms with Crippen molar-refractivity contribution >= 4 is 18.6 Å². The Kier molecular flexibility index (Phi) is 4.41. The van der Waals surface area contributed by atoms with Crippen LogP contribution >= 0.6 is 12.6 Å². The fourth-order valence-corrected chi connectivity index (χ4v) is 1.63. The fourth-order valence-electron chi connectivity index (χ4n) is 1.52. The van der Waals surface area contributed by atoms with Gasteiger partial charge in [0.25, 0.3) is 0 Å². The molecular weight excluding hydrogens is 246 g/mol. The van der Waals surface area contributed by atoms with Gasteiger partial charge in [0.2, 0.25) is 5.95 Å². The Labute approximate surface area is 112 Å². The van der Waals surface area contributed by atoms with E-state index in [1.807, 2.05) is 24.3 Å². The minimum Gasteiger partial charge on any atom is -0.497 e. The zero-order valence-corrected chi connectivity index (χ0v) is 11.0. The first-order valence-electron chi connectivity index (χ1n) is 5.64. The average Bonchev–Trinajstić information content (AvgIpc) is 2.46. The number of thiol groups is 1. The maximum absolute atomic E-state index is 5.12. The van der Waals surface area contributed by atoms with Crippen LogP contribution in [0.2, 0.25) is 0 Å². The lowest BCUT2D eigenvalue weighted by molar-refractivity contribution is 0.415. The molecule has 0 aliphatic heterocycles. The highest BCUT2D eigenvalue weighted by atomic mass is 32.1. The lowest BCUT2D eigenvalue weighted by atomic mass is 10.1. The fraction of sp³-hybridized carbons (Fsp3) is 0.231. The number of benzene rings is 1. The molecule has 18 heavy (non-hydrogen) atoms. The third-order valence-corrected chi connectivity index (χ3v) is 2.69.